The first-order valence-corrected chi connectivity index (χ1v) is 6.92. The molecule has 0 aromatic rings. The van der Waals surface area contributed by atoms with Crippen molar-refractivity contribution in [2.24, 2.45) is 5.92 Å². The zero-order valence-electron chi connectivity index (χ0n) is 12.0. The molecule has 0 bridgehead atoms. The highest BCUT2D eigenvalue weighted by Gasteiger charge is 2.24. The van der Waals surface area contributed by atoms with Gasteiger partial charge in [0.1, 0.15) is 11.6 Å². The van der Waals surface area contributed by atoms with Gasteiger partial charge in [-0.25, -0.2) is 0 Å². The number of aliphatic hydroxyl groups excluding tert-OH is 1. The molecule has 0 spiro atoms. The minimum Gasteiger partial charge on any atom is -0.459 e. The van der Waals surface area contributed by atoms with Gasteiger partial charge < -0.3 is 15.2 Å². The fourth-order valence-electron chi connectivity index (χ4n) is 2.26. The highest BCUT2D eigenvalue weighted by Crippen LogP contribution is 2.23. The minimum absolute atomic E-state index is 0.164. The van der Waals surface area contributed by atoms with Crippen LogP contribution < -0.4 is 5.32 Å². The van der Waals surface area contributed by atoms with Gasteiger partial charge in [-0.1, -0.05) is 6.42 Å². The summed E-state index contributed by atoms with van der Waals surface area (Å²) in [5, 5.41) is 12.8. The Kier molecular flexibility index (Phi) is 5.60. The van der Waals surface area contributed by atoms with Gasteiger partial charge in [-0.15, -0.1) is 0 Å². The summed E-state index contributed by atoms with van der Waals surface area (Å²) < 4.78 is 5.31. The van der Waals surface area contributed by atoms with E-state index in [1.807, 2.05) is 27.7 Å². The summed E-state index contributed by atoms with van der Waals surface area (Å²) in [6, 6.07) is -0.289. The minimum atomic E-state index is -0.436. The van der Waals surface area contributed by atoms with Crippen LogP contribution in [0.15, 0.2) is 0 Å². The molecule has 3 atom stereocenters. The van der Waals surface area contributed by atoms with E-state index < -0.39 is 5.60 Å². The lowest BCUT2D eigenvalue weighted by molar-refractivity contribution is -0.157. The highest BCUT2D eigenvalue weighted by atomic mass is 16.6. The van der Waals surface area contributed by atoms with E-state index in [9.17, 15) is 9.90 Å². The van der Waals surface area contributed by atoms with Gasteiger partial charge in [0, 0.05) is 0 Å². The van der Waals surface area contributed by atoms with Crippen LogP contribution in [0.2, 0.25) is 0 Å². The van der Waals surface area contributed by atoms with Crippen LogP contribution in [0.3, 0.4) is 0 Å². The van der Waals surface area contributed by atoms with Gasteiger partial charge in [0.25, 0.3) is 0 Å². The van der Waals surface area contributed by atoms with Crippen molar-refractivity contribution in [2.45, 2.75) is 71.1 Å². The van der Waals surface area contributed by atoms with Crippen molar-refractivity contribution < 1.29 is 14.6 Å². The Bertz CT molecular complexity index is 273. The summed E-state index contributed by atoms with van der Waals surface area (Å²) in [7, 11) is 0. The molecule has 0 heterocycles. The number of ether oxygens (including phenoxy) is 1. The second-order valence-electron chi connectivity index (χ2n) is 6.35. The lowest BCUT2D eigenvalue weighted by Crippen LogP contribution is -2.42. The molecule has 4 nitrogen and oxygen atoms in total. The number of nitrogens with one attached hydrogen (secondary N) is 1. The molecule has 1 aliphatic carbocycles. The fourth-order valence-corrected chi connectivity index (χ4v) is 2.26. The van der Waals surface area contributed by atoms with Crippen LogP contribution in [0.5, 0.6) is 0 Å². The van der Waals surface area contributed by atoms with Crippen molar-refractivity contribution in [3.8, 4) is 0 Å². The monoisotopic (exact) mass is 257 g/mol. The van der Waals surface area contributed by atoms with Gasteiger partial charge in [0.2, 0.25) is 0 Å². The molecular weight excluding hydrogens is 230 g/mol. The molecule has 1 aliphatic rings. The maximum atomic E-state index is 11.8. The predicted molar refractivity (Wildman–Crippen MR) is 71.3 cm³/mol. The van der Waals surface area contributed by atoms with Crippen molar-refractivity contribution in [1.82, 2.24) is 5.32 Å². The van der Waals surface area contributed by atoms with Crippen molar-refractivity contribution in [1.29, 1.82) is 0 Å². The quantitative estimate of drug-likeness (QED) is 0.755. The first-order chi connectivity index (χ1) is 8.28. The lowest BCUT2D eigenvalue weighted by atomic mass is 9.87. The first-order valence-electron chi connectivity index (χ1n) is 6.92. The van der Waals surface area contributed by atoms with E-state index in [1.165, 1.54) is 0 Å². The third-order valence-electron chi connectivity index (χ3n) is 3.23. The maximum Gasteiger partial charge on any atom is 0.323 e. The standard InChI is InChI=1S/C14H27NO3/c1-10(13(17)18-14(2,3)4)15-9-11-6-5-7-12(16)8-11/h10-12,15-16H,5-9H2,1-4H3. The zero-order chi connectivity index (χ0) is 13.8. The summed E-state index contributed by atoms with van der Waals surface area (Å²) in [6.45, 7) is 8.21. The molecular formula is C14H27NO3. The van der Waals surface area contributed by atoms with Crippen LogP contribution in [0.25, 0.3) is 0 Å². The molecule has 0 aliphatic heterocycles. The molecule has 4 heteroatoms. The first kappa shape index (κ1) is 15.4. The average Bonchev–Trinajstić information content (AvgIpc) is 2.23. The van der Waals surface area contributed by atoms with Crippen LogP contribution in [0, 0.1) is 5.92 Å². The Morgan fingerprint density at radius 2 is 2.11 bits per heavy atom. The van der Waals surface area contributed by atoms with E-state index in [2.05, 4.69) is 5.32 Å². The van der Waals surface area contributed by atoms with Gasteiger partial charge in [-0.2, -0.15) is 0 Å². The van der Waals surface area contributed by atoms with E-state index in [0.29, 0.717) is 5.92 Å². The van der Waals surface area contributed by atoms with E-state index in [4.69, 9.17) is 4.74 Å². The molecule has 1 saturated carbocycles. The summed E-state index contributed by atoms with van der Waals surface area (Å²) >= 11 is 0. The number of hydrogen-bond acceptors (Lipinski definition) is 4. The van der Waals surface area contributed by atoms with Crippen LogP contribution in [0.4, 0.5) is 0 Å². The Labute approximate surface area is 110 Å². The Balaban J connectivity index is 2.27. The van der Waals surface area contributed by atoms with E-state index >= 15 is 0 Å². The van der Waals surface area contributed by atoms with Crippen LogP contribution in [-0.4, -0.2) is 35.4 Å². The molecule has 1 rings (SSSR count). The predicted octanol–water partition coefficient (Wildman–Crippen LogP) is 1.86. The van der Waals surface area contributed by atoms with E-state index in [-0.39, 0.29) is 18.1 Å². The van der Waals surface area contributed by atoms with E-state index in [1.54, 1.807) is 0 Å². The third kappa shape index (κ3) is 5.83. The molecule has 0 aromatic heterocycles. The van der Waals surface area contributed by atoms with Gasteiger partial charge in [-0.05, 0) is 59.4 Å². The maximum absolute atomic E-state index is 11.8. The summed E-state index contributed by atoms with van der Waals surface area (Å²) in [5.41, 5.74) is -0.436. The van der Waals surface area contributed by atoms with Crippen molar-refractivity contribution >= 4 is 5.97 Å². The third-order valence-corrected chi connectivity index (χ3v) is 3.23. The zero-order valence-corrected chi connectivity index (χ0v) is 12.0. The highest BCUT2D eigenvalue weighted by molar-refractivity contribution is 5.75. The number of aliphatic hydroxyl groups is 1. The molecule has 0 amide bonds. The lowest BCUT2D eigenvalue weighted by Gasteiger charge is -2.28. The molecule has 106 valence electrons. The second kappa shape index (κ2) is 6.53. The number of rotatable bonds is 4. The van der Waals surface area contributed by atoms with Crippen LogP contribution >= 0.6 is 0 Å². The number of hydrogen-bond donors (Lipinski definition) is 2. The number of carbonyl (C=O) groups is 1. The van der Waals surface area contributed by atoms with Crippen molar-refractivity contribution in [3.63, 3.8) is 0 Å². The molecule has 18 heavy (non-hydrogen) atoms. The summed E-state index contributed by atoms with van der Waals surface area (Å²) in [6.07, 6.45) is 3.80. The van der Waals surface area contributed by atoms with Crippen molar-refractivity contribution in [3.05, 3.63) is 0 Å². The molecule has 3 unspecified atom stereocenters. The van der Waals surface area contributed by atoms with Crippen molar-refractivity contribution in [2.75, 3.05) is 6.54 Å². The molecule has 0 aromatic carbocycles. The topological polar surface area (TPSA) is 58.6 Å². The van der Waals surface area contributed by atoms with Crippen LogP contribution in [-0.2, 0) is 9.53 Å². The Morgan fingerprint density at radius 1 is 1.44 bits per heavy atom. The largest absolute Gasteiger partial charge is 0.459 e. The fraction of sp³-hybridized carbons (Fsp3) is 0.929. The summed E-state index contributed by atoms with van der Waals surface area (Å²) in [4.78, 5) is 11.8. The van der Waals surface area contributed by atoms with Gasteiger partial charge in [0.15, 0.2) is 0 Å². The molecule has 2 N–H and O–H groups in total. The Hall–Kier alpha value is -0.610. The molecule has 0 radical (unpaired) electrons. The smallest absolute Gasteiger partial charge is 0.323 e. The van der Waals surface area contributed by atoms with Gasteiger partial charge in [0.05, 0.1) is 6.10 Å². The van der Waals surface area contributed by atoms with Gasteiger partial charge in [-0.3, -0.25) is 4.79 Å². The number of esters is 1. The molecule has 0 saturated heterocycles. The average molecular weight is 257 g/mol. The second-order valence-corrected chi connectivity index (χ2v) is 6.35. The normalized spacial score (nSPS) is 26.7. The summed E-state index contributed by atoms with van der Waals surface area (Å²) in [5.74, 6) is 0.262. The van der Waals surface area contributed by atoms with Crippen LogP contribution in [0.1, 0.15) is 53.4 Å². The SMILES string of the molecule is CC(NCC1CCCC(O)C1)C(=O)OC(C)(C)C. The molecule has 1 fully saturated rings. The number of carbonyl (C=O) groups excluding carboxylic acids is 1. The van der Waals surface area contributed by atoms with Gasteiger partial charge >= 0.3 is 5.97 Å². The van der Waals surface area contributed by atoms with E-state index in [0.717, 1.165) is 32.2 Å². The Morgan fingerprint density at radius 3 is 2.67 bits per heavy atom.